The van der Waals surface area contributed by atoms with Crippen LogP contribution in [0.2, 0.25) is 0 Å². The molecular weight excluding hydrogens is 512 g/mol. The normalized spacial score (nSPS) is 26.8. The van der Waals surface area contributed by atoms with E-state index in [1.807, 2.05) is 42.5 Å². The number of amides is 2. The maximum atomic E-state index is 12.7. The van der Waals surface area contributed by atoms with Gasteiger partial charge < -0.3 is 4.74 Å². The van der Waals surface area contributed by atoms with Crippen LogP contribution in [-0.4, -0.2) is 23.0 Å². The molecule has 2 aromatic rings. The van der Waals surface area contributed by atoms with Crippen molar-refractivity contribution in [2.75, 3.05) is 0 Å². The Morgan fingerprint density at radius 2 is 1.77 bits per heavy atom. The molecule has 2 fully saturated rings. The maximum Gasteiger partial charge on any atom is 0.254 e. The molecule has 2 aromatic carbocycles. The van der Waals surface area contributed by atoms with Crippen molar-refractivity contribution in [2.24, 2.45) is 28.8 Å². The van der Waals surface area contributed by atoms with Gasteiger partial charge in [0.05, 0.1) is 18.1 Å². The summed E-state index contributed by atoms with van der Waals surface area (Å²) in [6.45, 7) is 0.413. The fourth-order valence-corrected chi connectivity index (χ4v) is 5.77. The third-order valence-electron chi connectivity index (χ3n) is 6.04. The monoisotopic (exact) mass is 528 g/mol. The third kappa shape index (κ3) is 3.44. The second-order valence-electron chi connectivity index (χ2n) is 7.83. The average Bonchev–Trinajstić information content (AvgIpc) is 3.41. The van der Waals surface area contributed by atoms with E-state index >= 15 is 0 Å². The smallest absolute Gasteiger partial charge is 0.254 e. The minimum atomic E-state index is -0.233. The molecule has 0 spiro atoms. The van der Waals surface area contributed by atoms with Crippen molar-refractivity contribution in [3.8, 4) is 5.75 Å². The summed E-state index contributed by atoms with van der Waals surface area (Å²) in [5.41, 5.74) is 1.79. The van der Waals surface area contributed by atoms with Gasteiger partial charge >= 0.3 is 0 Å². The van der Waals surface area contributed by atoms with Gasteiger partial charge in [0.25, 0.3) is 11.8 Å². The van der Waals surface area contributed by atoms with Gasteiger partial charge in [0.2, 0.25) is 0 Å². The Morgan fingerprint density at radius 3 is 2.47 bits per heavy atom. The van der Waals surface area contributed by atoms with E-state index in [1.54, 1.807) is 6.21 Å². The molecule has 3 aliphatic rings. The number of hydrazone groups is 1. The average molecular weight is 530 g/mol. The molecule has 2 bridgehead atoms. The predicted octanol–water partition coefficient (Wildman–Crippen LogP) is 4.93. The van der Waals surface area contributed by atoms with E-state index in [1.165, 1.54) is 0 Å². The topological polar surface area (TPSA) is 59.0 Å². The zero-order valence-electron chi connectivity index (χ0n) is 15.9. The van der Waals surface area contributed by atoms with Crippen molar-refractivity contribution in [1.29, 1.82) is 0 Å². The minimum absolute atomic E-state index is 0.175. The molecule has 0 N–H and O–H groups in total. The first kappa shape index (κ1) is 19.7. The van der Waals surface area contributed by atoms with Crippen molar-refractivity contribution >= 4 is 49.9 Å². The molecule has 2 aliphatic carbocycles. The fraction of sp³-hybridized carbons (Fsp3) is 0.261. The van der Waals surface area contributed by atoms with Crippen LogP contribution in [0.15, 0.2) is 68.7 Å². The number of allylic oxidation sites excluding steroid dienone is 2. The molecular formula is C23H18Br2N2O3. The highest BCUT2D eigenvalue weighted by Gasteiger charge is 2.59. The largest absolute Gasteiger partial charge is 0.489 e. The Balaban J connectivity index is 1.27. The summed E-state index contributed by atoms with van der Waals surface area (Å²) in [6, 6.07) is 13.4. The van der Waals surface area contributed by atoms with Crippen molar-refractivity contribution < 1.29 is 14.3 Å². The maximum absolute atomic E-state index is 12.7. The minimum Gasteiger partial charge on any atom is -0.489 e. The molecule has 30 heavy (non-hydrogen) atoms. The molecule has 2 amide bonds. The lowest BCUT2D eigenvalue weighted by Gasteiger charge is -2.13. The van der Waals surface area contributed by atoms with Crippen molar-refractivity contribution in [1.82, 2.24) is 5.01 Å². The second kappa shape index (κ2) is 7.78. The van der Waals surface area contributed by atoms with Crippen LogP contribution in [0.3, 0.4) is 0 Å². The van der Waals surface area contributed by atoms with Gasteiger partial charge in [-0.1, -0.05) is 62.2 Å². The Morgan fingerprint density at radius 1 is 1.03 bits per heavy atom. The van der Waals surface area contributed by atoms with Gasteiger partial charge in [0, 0.05) is 14.5 Å². The number of carbonyl (C=O) groups is 2. The van der Waals surface area contributed by atoms with Crippen LogP contribution >= 0.6 is 31.9 Å². The summed E-state index contributed by atoms with van der Waals surface area (Å²) in [5.74, 6) is 0.244. The van der Waals surface area contributed by atoms with E-state index in [-0.39, 0.29) is 35.5 Å². The quantitative estimate of drug-likeness (QED) is 0.313. The first-order valence-corrected chi connectivity index (χ1v) is 11.4. The van der Waals surface area contributed by atoms with E-state index in [0.29, 0.717) is 12.4 Å². The first-order chi connectivity index (χ1) is 14.5. The fourth-order valence-electron chi connectivity index (χ4n) is 4.61. The van der Waals surface area contributed by atoms with E-state index < -0.39 is 0 Å². The third-order valence-corrected chi connectivity index (χ3v) is 7.27. The first-order valence-electron chi connectivity index (χ1n) is 9.78. The summed E-state index contributed by atoms with van der Waals surface area (Å²) >= 11 is 6.98. The summed E-state index contributed by atoms with van der Waals surface area (Å²) in [4.78, 5) is 25.4. The number of benzene rings is 2. The number of imide groups is 1. The number of nitrogens with zero attached hydrogens (tertiary/aromatic N) is 2. The van der Waals surface area contributed by atoms with Gasteiger partial charge in [0.1, 0.15) is 12.4 Å². The number of ether oxygens (including phenoxy) is 1. The number of carbonyl (C=O) groups excluding carboxylic acids is 2. The summed E-state index contributed by atoms with van der Waals surface area (Å²) in [6.07, 6.45) is 6.62. The van der Waals surface area contributed by atoms with E-state index in [0.717, 1.165) is 31.5 Å². The van der Waals surface area contributed by atoms with Crippen molar-refractivity contribution in [2.45, 2.75) is 13.0 Å². The predicted molar refractivity (Wildman–Crippen MR) is 120 cm³/mol. The highest BCUT2D eigenvalue weighted by molar-refractivity contribution is 9.11. The number of fused-ring (bicyclic) bond motifs is 5. The molecule has 0 radical (unpaired) electrons. The molecule has 7 heteroatoms. The Hall–Kier alpha value is -2.25. The Bertz CT molecular complexity index is 1070. The van der Waals surface area contributed by atoms with Crippen LogP contribution in [0, 0.1) is 23.7 Å². The zero-order valence-corrected chi connectivity index (χ0v) is 19.0. The lowest BCUT2D eigenvalue weighted by atomic mass is 9.85. The number of hydrogen-bond donors (Lipinski definition) is 0. The zero-order chi connectivity index (χ0) is 20.8. The molecule has 4 atom stereocenters. The summed E-state index contributed by atoms with van der Waals surface area (Å²) < 4.78 is 7.86. The molecule has 1 saturated carbocycles. The molecule has 152 valence electrons. The van der Waals surface area contributed by atoms with Crippen molar-refractivity contribution in [3.63, 3.8) is 0 Å². The molecule has 5 rings (SSSR count). The molecule has 1 heterocycles. The van der Waals surface area contributed by atoms with Crippen LogP contribution in [0.25, 0.3) is 0 Å². The Kier molecular flexibility index (Phi) is 5.11. The molecule has 1 saturated heterocycles. The highest BCUT2D eigenvalue weighted by Crippen LogP contribution is 2.52. The van der Waals surface area contributed by atoms with Gasteiger partial charge in [-0.3, -0.25) is 9.59 Å². The summed E-state index contributed by atoms with van der Waals surface area (Å²) in [5, 5.41) is 5.29. The standard InChI is InChI=1S/C23H18Br2N2O3/c24-17-7-6-16(19(25)10-17)12-30-18-3-1-2-13(8-18)11-26-27-22(28)20-14-4-5-15(9-14)21(20)23(27)29/h1-8,10-11,14-15,20-21H,9,12H2/t14-,15-,20-,21+/m0/s1. The van der Waals surface area contributed by atoms with E-state index in [2.05, 4.69) is 49.1 Å². The lowest BCUT2D eigenvalue weighted by Crippen LogP contribution is -2.28. The van der Waals surface area contributed by atoms with Gasteiger partial charge in [-0.25, -0.2) is 0 Å². The number of hydrogen-bond acceptors (Lipinski definition) is 4. The van der Waals surface area contributed by atoms with Crippen LogP contribution in [-0.2, 0) is 16.2 Å². The van der Waals surface area contributed by atoms with Gasteiger partial charge in [-0.05, 0) is 48.1 Å². The molecule has 0 unspecified atom stereocenters. The van der Waals surface area contributed by atoms with Gasteiger partial charge in [-0.15, -0.1) is 0 Å². The molecule has 1 aliphatic heterocycles. The van der Waals surface area contributed by atoms with E-state index in [9.17, 15) is 9.59 Å². The van der Waals surface area contributed by atoms with Crippen LogP contribution in [0.5, 0.6) is 5.75 Å². The van der Waals surface area contributed by atoms with Crippen molar-refractivity contribution in [3.05, 3.63) is 74.7 Å². The van der Waals surface area contributed by atoms with Crippen LogP contribution < -0.4 is 4.74 Å². The number of halogens is 2. The van der Waals surface area contributed by atoms with Gasteiger partial charge in [-0.2, -0.15) is 10.1 Å². The molecule has 0 aromatic heterocycles. The van der Waals surface area contributed by atoms with Gasteiger partial charge in [0.15, 0.2) is 0 Å². The van der Waals surface area contributed by atoms with Crippen LogP contribution in [0.4, 0.5) is 0 Å². The second-order valence-corrected chi connectivity index (χ2v) is 9.60. The highest BCUT2D eigenvalue weighted by atomic mass is 79.9. The number of rotatable bonds is 5. The van der Waals surface area contributed by atoms with E-state index in [4.69, 9.17) is 4.74 Å². The SMILES string of the molecule is O=C1[C@@H]2[C@H](C(=O)N1N=Cc1cccc(OCc3ccc(Br)cc3Br)c1)[C@H]1C=C[C@H]2C1. The molecule has 5 nitrogen and oxygen atoms in total. The lowest BCUT2D eigenvalue weighted by molar-refractivity contribution is -0.140. The van der Waals surface area contributed by atoms with Crippen LogP contribution in [0.1, 0.15) is 17.5 Å². The Labute approximate surface area is 191 Å². The summed E-state index contributed by atoms with van der Waals surface area (Å²) in [7, 11) is 0.